The molecule has 0 atom stereocenters. The molecule has 0 saturated carbocycles. The van der Waals surface area contributed by atoms with Gasteiger partial charge in [-0.15, -0.1) is 0 Å². The molecule has 2 rings (SSSR count). The molecule has 0 aliphatic carbocycles. The Labute approximate surface area is 122 Å². The lowest BCUT2D eigenvalue weighted by Gasteiger charge is -2.03. The van der Waals surface area contributed by atoms with Gasteiger partial charge in [0, 0.05) is 16.8 Å². The fraction of sp³-hybridized carbons (Fsp3) is 0.133. The fourth-order valence-corrected chi connectivity index (χ4v) is 2.36. The molecule has 0 aliphatic heterocycles. The second kappa shape index (κ2) is 5.64. The molecular formula is C15H13Cl2NO. The first-order chi connectivity index (χ1) is 8.95. The molecule has 1 N–H and O–H groups in total. The maximum absolute atomic E-state index is 9.83. The number of phenols is 1. The van der Waals surface area contributed by atoms with Crippen molar-refractivity contribution in [3.05, 3.63) is 57.1 Å². The van der Waals surface area contributed by atoms with Crippen molar-refractivity contribution < 1.29 is 5.11 Å². The molecule has 0 aliphatic rings. The van der Waals surface area contributed by atoms with Crippen molar-refractivity contribution in [1.82, 2.24) is 0 Å². The van der Waals surface area contributed by atoms with E-state index in [0.717, 1.165) is 16.8 Å². The van der Waals surface area contributed by atoms with E-state index in [-0.39, 0.29) is 10.8 Å². The highest BCUT2D eigenvalue weighted by molar-refractivity contribution is 6.36. The van der Waals surface area contributed by atoms with Crippen LogP contribution in [0.2, 0.25) is 10.0 Å². The Hall–Kier alpha value is -1.51. The van der Waals surface area contributed by atoms with E-state index in [0.29, 0.717) is 10.6 Å². The molecule has 0 fully saturated rings. The van der Waals surface area contributed by atoms with Gasteiger partial charge in [0.2, 0.25) is 0 Å². The van der Waals surface area contributed by atoms with E-state index in [1.54, 1.807) is 12.3 Å². The van der Waals surface area contributed by atoms with Crippen LogP contribution in [0, 0.1) is 13.8 Å². The third kappa shape index (κ3) is 3.49. The van der Waals surface area contributed by atoms with Crippen molar-refractivity contribution in [2.24, 2.45) is 4.99 Å². The number of aryl methyl sites for hydroxylation is 2. The lowest BCUT2D eigenvalue weighted by Crippen LogP contribution is -1.84. The van der Waals surface area contributed by atoms with Crippen LogP contribution < -0.4 is 0 Å². The number of hydrogen-bond acceptors (Lipinski definition) is 2. The van der Waals surface area contributed by atoms with Gasteiger partial charge >= 0.3 is 0 Å². The van der Waals surface area contributed by atoms with Gasteiger partial charge in [-0.1, -0.05) is 29.3 Å². The molecule has 19 heavy (non-hydrogen) atoms. The summed E-state index contributed by atoms with van der Waals surface area (Å²) in [6, 6.07) is 9.12. The second-order valence-corrected chi connectivity index (χ2v) is 5.27. The van der Waals surface area contributed by atoms with Crippen molar-refractivity contribution in [2.75, 3.05) is 0 Å². The van der Waals surface area contributed by atoms with Crippen molar-refractivity contribution in [3.63, 3.8) is 0 Å². The highest BCUT2D eigenvalue weighted by Crippen LogP contribution is 2.30. The third-order valence-electron chi connectivity index (χ3n) is 2.62. The van der Waals surface area contributed by atoms with Crippen LogP contribution in [0.15, 0.2) is 35.3 Å². The normalized spacial score (nSPS) is 11.2. The van der Waals surface area contributed by atoms with Crippen molar-refractivity contribution in [1.29, 1.82) is 0 Å². The average Bonchev–Trinajstić information content (AvgIpc) is 2.30. The lowest BCUT2D eigenvalue weighted by molar-refractivity contribution is 0.475. The first-order valence-corrected chi connectivity index (χ1v) is 6.51. The standard InChI is InChI=1S/C15H13Cl2NO/c1-9-3-10(2)5-13(4-9)18-8-11-6-12(16)7-14(17)15(11)19/h3-8,19H,1-2H3. The van der Waals surface area contributed by atoms with Crippen LogP contribution in [0.1, 0.15) is 16.7 Å². The zero-order valence-electron chi connectivity index (χ0n) is 10.6. The topological polar surface area (TPSA) is 32.6 Å². The number of aromatic hydroxyl groups is 1. The summed E-state index contributed by atoms with van der Waals surface area (Å²) in [6.45, 7) is 4.03. The lowest BCUT2D eigenvalue weighted by atomic mass is 10.1. The first kappa shape index (κ1) is 13.9. The smallest absolute Gasteiger partial charge is 0.143 e. The van der Waals surface area contributed by atoms with E-state index in [1.807, 2.05) is 26.0 Å². The SMILES string of the molecule is Cc1cc(C)cc(N=Cc2cc(Cl)cc(Cl)c2O)c1. The van der Waals surface area contributed by atoms with Gasteiger partial charge in [-0.3, -0.25) is 4.99 Å². The predicted octanol–water partition coefficient (Wildman–Crippen LogP) is 5.07. The Morgan fingerprint density at radius 2 is 1.63 bits per heavy atom. The summed E-state index contributed by atoms with van der Waals surface area (Å²) in [4.78, 5) is 4.34. The number of benzene rings is 2. The van der Waals surface area contributed by atoms with E-state index in [2.05, 4.69) is 11.1 Å². The van der Waals surface area contributed by atoms with Crippen LogP contribution in [0.4, 0.5) is 5.69 Å². The maximum Gasteiger partial charge on any atom is 0.143 e. The van der Waals surface area contributed by atoms with Gasteiger partial charge < -0.3 is 5.11 Å². The quantitative estimate of drug-likeness (QED) is 0.771. The van der Waals surface area contributed by atoms with Gasteiger partial charge in [0.05, 0.1) is 10.7 Å². The van der Waals surface area contributed by atoms with Gasteiger partial charge in [-0.2, -0.15) is 0 Å². The molecule has 4 heteroatoms. The van der Waals surface area contributed by atoms with Crippen LogP contribution in [0.5, 0.6) is 5.75 Å². The molecule has 0 saturated heterocycles. The molecule has 2 aromatic carbocycles. The number of rotatable bonds is 2. The Balaban J connectivity index is 2.37. The Kier molecular flexibility index (Phi) is 4.13. The highest BCUT2D eigenvalue weighted by Gasteiger charge is 2.05. The predicted molar refractivity (Wildman–Crippen MR) is 81.3 cm³/mol. The van der Waals surface area contributed by atoms with E-state index in [1.165, 1.54) is 6.07 Å². The molecule has 0 heterocycles. The summed E-state index contributed by atoms with van der Waals surface area (Å²) in [5.41, 5.74) is 3.60. The van der Waals surface area contributed by atoms with Gasteiger partial charge in [0.1, 0.15) is 5.75 Å². The van der Waals surface area contributed by atoms with Gasteiger partial charge in [0.15, 0.2) is 0 Å². The number of aliphatic imine (C=N–C) groups is 1. The highest BCUT2D eigenvalue weighted by atomic mass is 35.5. The molecule has 0 bridgehead atoms. The van der Waals surface area contributed by atoms with Crippen molar-refractivity contribution in [2.45, 2.75) is 13.8 Å². The number of hydrogen-bond donors (Lipinski definition) is 1. The van der Waals surface area contributed by atoms with Crippen molar-refractivity contribution >= 4 is 35.1 Å². The molecule has 2 nitrogen and oxygen atoms in total. The zero-order chi connectivity index (χ0) is 14.0. The van der Waals surface area contributed by atoms with Crippen LogP contribution in [0.3, 0.4) is 0 Å². The van der Waals surface area contributed by atoms with Crippen LogP contribution in [-0.4, -0.2) is 11.3 Å². The second-order valence-electron chi connectivity index (χ2n) is 4.43. The van der Waals surface area contributed by atoms with Gasteiger partial charge in [-0.25, -0.2) is 0 Å². The summed E-state index contributed by atoms with van der Waals surface area (Å²) in [5, 5.41) is 10.5. The zero-order valence-corrected chi connectivity index (χ0v) is 12.1. The van der Waals surface area contributed by atoms with E-state index in [4.69, 9.17) is 23.2 Å². The summed E-state index contributed by atoms with van der Waals surface area (Å²) in [7, 11) is 0. The largest absolute Gasteiger partial charge is 0.506 e. The summed E-state index contributed by atoms with van der Waals surface area (Å²) >= 11 is 11.8. The molecule has 0 radical (unpaired) electrons. The molecule has 0 amide bonds. The molecule has 2 aromatic rings. The maximum atomic E-state index is 9.83. The van der Waals surface area contributed by atoms with Crippen LogP contribution >= 0.6 is 23.2 Å². The Bertz CT molecular complexity index is 631. The average molecular weight is 294 g/mol. The molecule has 0 aromatic heterocycles. The Morgan fingerprint density at radius 1 is 1.00 bits per heavy atom. The molecule has 0 unspecified atom stereocenters. The monoisotopic (exact) mass is 293 g/mol. The summed E-state index contributed by atoms with van der Waals surface area (Å²) < 4.78 is 0. The number of phenolic OH excluding ortho intramolecular Hbond substituents is 1. The minimum atomic E-state index is -0.0146. The van der Waals surface area contributed by atoms with Gasteiger partial charge in [-0.05, 0) is 49.2 Å². The first-order valence-electron chi connectivity index (χ1n) is 5.76. The number of nitrogens with zero attached hydrogens (tertiary/aromatic N) is 1. The van der Waals surface area contributed by atoms with Crippen LogP contribution in [0.25, 0.3) is 0 Å². The minimum Gasteiger partial charge on any atom is -0.506 e. The minimum absolute atomic E-state index is 0.0146. The van der Waals surface area contributed by atoms with Crippen molar-refractivity contribution in [3.8, 4) is 5.75 Å². The summed E-state index contributed by atoms with van der Waals surface area (Å²) in [5.74, 6) is -0.0146. The summed E-state index contributed by atoms with van der Waals surface area (Å²) in [6.07, 6.45) is 1.56. The molecular weight excluding hydrogens is 281 g/mol. The molecule has 0 spiro atoms. The van der Waals surface area contributed by atoms with Gasteiger partial charge in [0.25, 0.3) is 0 Å². The van der Waals surface area contributed by atoms with Crippen LogP contribution in [-0.2, 0) is 0 Å². The van der Waals surface area contributed by atoms with E-state index < -0.39 is 0 Å². The molecule has 98 valence electrons. The Morgan fingerprint density at radius 3 is 2.26 bits per heavy atom. The van der Waals surface area contributed by atoms with E-state index in [9.17, 15) is 5.11 Å². The number of halogens is 2. The third-order valence-corrected chi connectivity index (χ3v) is 3.12. The van der Waals surface area contributed by atoms with E-state index >= 15 is 0 Å². The fourth-order valence-electron chi connectivity index (χ4n) is 1.85.